The van der Waals surface area contributed by atoms with Crippen LogP contribution in [-0.2, 0) is 27.1 Å². The number of nitrogens with one attached hydrogen (secondary N) is 1. The first-order valence-corrected chi connectivity index (χ1v) is 13.2. The average molecular weight is 557 g/mol. The van der Waals surface area contributed by atoms with E-state index in [1.54, 1.807) is 37.3 Å². The Balaban J connectivity index is 1.69. The topological polar surface area (TPSA) is 125 Å². The number of fused-ring (bicyclic) bond motifs is 1. The molecule has 11 heteroatoms. The van der Waals surface area contributed by atoms with Crippen LogP contribution in [0, 0.1) is 16.0 Å². The van der Waals surface area contributed by atoms with Crippen molar-refractivity contribution >= 4 is 51.5 Å². The van der Waals surface area contributed by atoms with E-state index >= 15 is 0 Å². The van der Waals surface area contributed by atoms with Gasteiger partial charge in [-0.3, -0.25) is 14.9 Å². The molecule has 0 aliphatic heterocycles. The first kappa shape index (κ1) is 27.3. The van der Waals surface area contributed by atoms with E-state index in [1.165, 1.54) is 17.4 Å². The van der Waals surface area contributed by atoms with Gasteiger partial charge in [-0.15, -0.1) is 11.3 Å². The summed E-state index contributed by atoms with van der Waals surface area (Å²) in [5, 5.41) is 14.7. The van der Waals surface area contributed by atoms with Crippen LogP contribution in [0.25, 0.3) is 0 Å². The molecular weight excluding hydrogens is 532 g/mol. The van der Waals surface area contributed by atoms with Gasteiger partial charge in [0.2, 0.25) is 6.10 Å². The van der Waals surface area contributed by atoms with Gasteiger partial charge >= 0.3 is 11.9 Å². The number of ether oxygens (including phenoxy) is 2. The monoisotopic (exact) mass is 556 g/mol. The van der Waals surface area contributed by atoms with Crippen LogP contribution in [0.4, 0.5) is 10.7 Å². The summed E-state index contributed by atoms with van der Waals surface area (Å²) in [6.45, 7) is 4.01. The maximum atomic E-state index is 13.6. The second-order valence-electron chi connectivity index (χ2n) is 8.88. The van der Waals surface area contributed by atoms with Crippen LogP contribution >= 0.6 is 22.9 Å². The summed E-state index contributed by atoms with van der Waals surface area (Å²) in [4.78, 5) is 51.3. The second kappa shape index (κ2) is 11.7. The fourth-order valence-corrected chi connectivity index (χ4v) is 5.91. The van der Waals surface area contributed by atoms with Crippen molar-refractivity contribution in [2.24, 2.45) is 5.92 Å². The quantitative estimate of drug-likeness (QED) is 0.200. The molecule has 1 aliphatic rings. The molecule has 1 aromatic heterocycles. The molecule has 2 aromatic carbocycles. The summed E-state index contributed by atoms with van der Waals surface area (Å²) in [5.74, 6) is -1.90. The minimum absolute atomic E-state index is 0.0979. The smallest absolute Gasteiger partial charge is 0.346 e. The molecule has 9 nitrogen and oxygen atoms in total. The lowest BCUT2D eigenvalue weighted by Crippen LogP contribution is -2.26. The van der Waals surface area contributed by atoms with Crippen LogP contribution in [0.15, 0.2) is 48.5 Å². The number of rotatable bonds is 8. The van der Waals surface area contributed by atoms with E-state index < -0.39 is 34.6 Å². The first-order valence-electron chi connectivity index (χ1n) is 12.0. The van der Waals surface area contributed by atoms with E-state index in [0.717, 1.165) is 35.4 Å². The molecule has 0 unspecified atom stereocenters. The number of hydrogen-bond donors (Lipinski definition) is 1. The normalized spacial score (nSPS) is 15.2. The summed E-state index contributed by atoms with van der Waals surface area (Å²) in [7, 11) is 0. The van der Waals surface area contributed by atoms with Gasteiger partial charge in [-0.25, -0.2) is 9.59 Å². The van der Waals surface area contributed by atoms with Gasteiger partial charge < -0.3 is 14.8 Å². The Morgan fingerprint density at radius 1 is 1.18 bits per heavy atom. The molecule has 0 radical (unpaired) electrons. The van der Waals surface area contributed by atoms with Crippen molar-refractivity contribution in [3.8, 4) is 0 Å². The Labute approximate surface area is 227 Å². The SMILES string of the molecule is CCOC(=O)c1c(NC(=O)[C@@H](OC(=O)c2cc(Cl)ccc2[N+](=O)[O-])c2ccccc2)sc2c1CC[C@@H](C)C2. The van der Waals surface area contributed by atoms with E-state index in [0.29, 0.717) is 28.5 Å². The van der Waals surface area contributed by atoms with Gasteiger partial charge in [0.05, 0.1) is 17.1 Å². The summed E-state index contributed by atoms with van der Waals surface area (Å²) in [6.07, 6.45) is 0.909. The first-order chi connectivity index (χ1) is 18.2. The average Bonchev–Trinajstić information content (AvgIpc) is 3.24. The zero-order chi connectivity index (χ0) is 27.4. The third-order valence-corrected chi connectivity index (χ3v) is 7.57. The standard InChI is InChI=1S/C27H25ClN2O7S/c1-3-36-27(33)22-18-11-9-15(2)13-21(18)38-25(22)29-24(31)23(16-7-5-4-6-8-16)37-26(32)19-14-17(28)10-12-20(19)30(34)35/h4-8,10,12,14-15,23H,3,9,11,13H2,1-2H3,(H,29,31)/t15-,23+/m1/s1. The second-order valence-corrected chi connectivity index (χ2v) is 10.4. The number of nitro benzene ring substituents is 1. The fourth-order valence-electron chi connectivity index (χ4n) is 4.34. The predicted molar refractivity (Wildman–Crippen MR) is 143 cm³/mol. The zero-order valence-electron chi connectivity index (χ0n) is 20.7. The predicted octanol–water partition coefficient (Wildman–Crippen LogP) is 6.15. The molecule has 1 aliphatic carbocycles. The fraction of sp³-hybridized carbons (Fsp3) is 0.296. The van der Waals surface area contributed by atoms with Crippen LogP contribution in [-0.4, -0.2) is 29.4 Å². The number of esters is 2. The highest BCUT2D eigenvalue weighted by Gasteiger charge is 2.33. The zero-order valence-corrected chi connectivity index (χ0v) is 22.3. The lowest BCUT2D eigenvalue weighted by molar-refractivity contribution is -0.385. The number of carbonyl (C=O) groups is 3. The van der Waals surface area contributed by atoms with Crippen molar-refractivity contribution in [3.05, 3.63) is 90.8 Å². The van der Waals surface area contributed by atoms with Gasteiger partial charge in [0.25, 0.3) is 11.6 Å². The van der Waals surface area contributed by atoms with Crippen molar-refractivity contribution in [2.45, 2.75) is 39.2 Å². The van der Waals surface area contributed by atoms with Crippen LogP contribution in [0.2, 0.25) is 5.02 Å². The number of nitrogens with zero attached hydrogens (tertiary/aromatic N) is 1. The molecule has 0 spiro atoms. The van der Waals surface area contributed by atoms with Crippen molar-refractivity contribution in [1.82, 2.24) is 0 Å². The largest absolute Gasteiger partial charge is 0.462 e. The summed E-state index contributed by atoms with van der Waals surface area (Å²) in [6, 6.07) is 11.8. The highest BCUT2D eigenvalue weighted by Crippen LogP contribution is 2.40. The van der Waals surface area contributed by atoms with Crippen LogP contribution in [0.3, 0.4) is 0 Å². The van der Waals surface area contributed by atoms with E-state index in [2.05, 4.69) is 12.2 Å². The third-order valence-electron chi connectivity index (χ3n) is 6.17. The number of halogens is 1. The summed E-state index contributed by atoms with van der Waals surface area (Å²) in [5.41, 5.74) is 0.635. The van der Waals surface area contributed by atoms with E-state index in [1.807, 2.05) is 0 Å². The van der Waals surface area contributed by atoms with Gasteiger partial charge in [-0.1, -0.05) is 48.9 Å². The molecule has 0 bridgehead atoms. The van der Waals surface area contributed by atoms with E-state index in [4.69, 9.17) is 21.1 Å². The maximum Gasteiger partial charge on any atom is 0.346 e. The molecule has 1 heterocycles. The molecule has 0 saturated heterocycles. The van der Waals surface area contributed by atoms with E-state index in [-0.39, 0.29) is 17.2 Å². The van der Waals surface area contributed by atoms with Crippen molar-refractivity contribution < 1.29 is 28.8 Å². The van der Waals surface area contributed by atoms with Crippen molar-refractivity contribution in [2.75, 3.05) is 11.9 Å². The van der Waals surface area contributed by atoms with Gasteiger partial charge in [0, 0.05) is 21.5 Å². The van der Waals surface area contributed by atoms with Gasteiger partial charge in [-0.2, -0.15) is 0 Å². The highest BCUT2D eigenvalue weighted by molar-refractivity contribution is 7.17. The van der Waals surface area contributed by atoms with Crippen LogP contribution in [0.5, 0.6) is 0 Å². The van der Waals surface area contributed by atoms with Crippen LogP contribution in [0.1, 0.15) is 63.1 Å². The Bertz CT molecular complexity index is 1390. The summed E-state index contributed by atoms with van der Waals surface area (Å²) >= 11 is 7.27. The molecule has 1 N–H and O–H groups in total. The number of anilines is 1. The Hall–Kier alpha value is -3.76. The molecule has 198 valence electrons. The highest BCUT2D eigenvalue weighted by atomic mass is 35.5. The number of carbonyl (C=O) groups excluding carboxylic acids is 3. The van der Waals surface area contributed by atoms with Crippen molar-refractivity contribution in [3.63, 3.8) is 0 Å². The molecule has 38 heavy (non-hydrogen) atoms. The molecule has 0 saturated carbocycles. The third kappa shape index (κ3) is 5.87. The number of amides is 1. The lowest BCUT2D eigenvalue weighted by atomic mass is 9.88. The molecule has 1 amide bonds. The number of thiophene rings is 1. The molecule has 0 fully saturated rings. The molecule has 3 aromatic rings. The maximum absolute atomic E-state index is 13.6. The van der Waals surface area contributed by atoms with Gasteiger partial charge in [0.1, 0.15) is 10.6 Å². The minimum atomic E-state index is -1.46. The lowest BCUT2D eigenvalue weighted by Gasteiger charge is -2.19. The Kier molecular flexibility index (Phi) is 8.43. The molecular formula is C27H25ClN2O7S. The number of benzene rings is 2. The molecule has 4 rings (SSSR count). The summed E-state index contributed by atoms with van der Waals surface area (Å²) < 4.78 is 10.8. The van der Waals surface area contributed by atoms with Gasteiger partial charge in [-0.05, 0) is 49.8 Å². The Morgan fingerprint density at radius 3 is 2.61 bits per heavy atom. The van der Waals surface area contributed by atoms with E-state index in [9.17, 15) is 24.5 Å². The minimum Gasteiger partial charge on any atom is -0.462 e. The number of hydrogen-bond acceptors (Lipinski definition) is 8. The van der Waals surface area contributed by atoms with Gasteiger partial charge in [0.15, 0.2) is 0 Å². The molecule has 2 atom stereocenters. The van der Waals surface area contributed by atoms with Crippen LogP contribution < -0.4 is 5.32 Å². The Morgan fingerprint density at radius 2 is 1.92 bits per heavy atom. The van der Waals surface area contributed by atoms with Crippen molar-refractivity contribution in [1.29, 1.82) is 0 Å². The number of nitro groups is 1.